The molecule has 0 radical (unpaired) electrons. The van der Waals surface area contributed by atoms with Gasteiger partial charge in [0.2, 0.25) is 0 Å². The van der Waals surface area contributed by atoms with E-state index in [0.717, 1.165) is 5.69 Å². The number of anilines is 2. The number of sulfonamides is 1. The summed E-state index contributed by atoms with van der Waals surface area (Å²) in [5.41, 5.74) is 6.75. The lowest BCUT2D eigenvalue weighted by Gasteiger charge is -2.06. The number of rotatable bonds is 4. The summed E-state index contributed by atoms with van der Waals surface area (Å²) in [5, 5.41) is 2.37. The molecule has 20 heavy (non-hydrogen) atoms. The van der Waals surface area contributed by atoms with Crippen LogP contribution in [-0.4, -0.2) is 13.4 Å². The van der Waals surface area contributed by atoms with Crippen molar-refractivity contribution in [3.8, 4) is 0 Å². The average molecular weight is 332 g/mol. The Morgan fingerprint density at radius 3 is 2.65 bits per heavy atom. The first-order valence-corrected chi connectivity index (χ1v) is 8.57. The quantitative estimate of drug-likeness (QED) is 0.842. The molecule has 108 valence electrons. The van der Waals surface area contributed by atoms with Crippen LogP contribution in [0.5, 0.6) is 0 Å². The van der Waals surface area contributed by atoms with Gasteiger partial charge in [0.05, 0.1) is 21.3 Å². The van der Waals surface area contributed by atoms with Crippen LogP contribution >= 0.6 is 22.9 Å². The number of hydrogen-bond acceptors (Lipinski definition) is 5. The maximum Gasteiger partial charge on any atom is 0.263 e. The van der Waals surface area contributed by atoms with Crippen molar-refractivity contribution >= 4 is 43.8 Å². The summed E-state index contributed by atoms with van der Waals surface area (Å²) in [7, 11) is -3.71. The lowest BCUT2D eigenvalue weighted by atomic mass is 10.2. The highest BCUT2D eigenvalue weighted by atomic mass is 35.5. The summed E-state index contributed by atoms with van der Waals surface area (Å²) in [6.45, 7) is 3.99. The first-order chi connectivity index (χ1) is 9.29. The van der Waals surface area contributed by atoms with Crippen LogP contribution in [0.2, 0.25) is 5.02 Å². The Morgan fingerprint density at radius 1 is 1.40 bits per heavy atom. The summed E-state index contributed by atoms with van der Waals surface area (Å²) < 4.78 is 26.8. The van der Waals surface area contributed by atoms with Crippen molar-refractivity contribution in [2.75, 3.05) is 10.5 Å². The normalized spacial score (nSPS) is 11.8. The molecule has 0 amide bonds. The van der Waals surface area contributed by atoms with E-state index in [1.807, 2.05) is 19.2 Å². The Bertz CT molecular complexity index is 726. The van der Waals surface area contributed by atoms with E-state index < -0.39 is 10.0 Å². The number of thiazole rings is 1. The van der Waals surface area contributed by atoms with Crippen LogP contribution in [0.1, 0.15) is 25.5 Å². The van der Waals surface area contributed by atoms with Crippen molar-refractivity contribution in [2.45, 2.75) is 24.7 Å². The molecule has 5 nitrogen and oxygen atoms in total. The third-order valence-corrected chi connectivity index (χ3v) is 5.19. The van der Waals surface area contributed by atoms with Crippen LogP contribution in [-0.2, 0) is 10.0 Å². The molecule has 0 atom stereocenters. The van der Waals surface area contributed by atoms with E-state index in [1.54, 1.807) is 0 Å². The molecule has 3 N–H and O–H groups in total. The second-order valence-corrected chi connectivity index (χ2v) is 7.47. The molecule has 1 heterocycles. The SMILES string of the molecule is CC(C)c1csc(NS(=O)(=O)c2ccc(N)c(Cl)c2)n1. The van der Waals surface area contributed by atoms with Crippen molar-refractivity contribution in [1.29, 1.82) is 0 Å². The molecule has 1 aromatic carbocycles. The van der Waals surface area contributed by atoms with Gasteiger partial charge in [0.1, 0.15) is 0 Å². The highest BCUT2D eigenvalue weighted by Gasteiger charge is 2.17. The second kappa shape index (κ2) is 5.59. The molecule has 2 aromatic rings. The van der Waals surface area contributed by atoms with E-state index in [1.165, 1.54) is 29.5 Å². The molecule has 8 heteroatoms. The molecular weight excluding hydrogens is 318 g/mol. The smallest absolute Gasteiger partial charge is 0.263 e. The number of nitrogens with zero attached hydrogens (tertiary/aromatic N) is 1. The van der Waals surface area contributed by atoms with Gasteiger partial charge in [-0.3, -0.25) is 4.72 Å². The monoisotopic (exact) mass is 331 g/mol. The van der Waals surface area contributed by atoms with E-state index >= 15 is 0 Å². The van der Waals surface area contributed by atoms with Crippen molar-refractivity contribution < 1.29 is 8.42 Å². The lowest BCUT2D eigenvalue weighted by Crippen LogP contribution is -2.13. The first kappa shape index (κ1) is 15.1. The molecule has 1 aromatic heterocycles. The Balaban J connectivity index is 2.28. The third-order valence-electron chi connectivity index (χ3n) is 2.62. The predicted molar refractivity (Wildman–Crippen MR) is 82.9 cm³/mol. The zero-order chi connectivity index (χ0) is 14.9. The molecule has 0 saturated heterocycles. The lowest BCUT2D eigenvalue weighted by molar-refractivity contribution is 0.601. The van der Waals surface area contributed by atoms with Gasteiger partial charge in [0.25, 0.3) is 10.0 Å². The van der Waals surface area contributed by atoms with Gasteiger partial charge < -0.3 is 5.73 Å². The van der Waals surface area contributed by atoms with Gasteiger partial charge in [-0.25, -0.2) is 13.4 Å². The van der Waals surface area contributed by atoms with Gasteiger partial charge >= 0.3 is 0 Å². The number of nitrogen functional groups attached to an aromatic ring is 1. The van der Waals surface area contributed by atoms with Gasteiger partial charge in [0, 0.05) is 5.38 Å². The van der Waals surface area contributed by atoms with Crippen LogP contribution < -0.4 is 10.5 Å². The fraction of sp³-hybridized carbons (Fsp3) is 0.250. The highest BCUT2D eigenvalue weighted by molar-refractivity contribution is 7.93. The Hall–Kier alpha value is -1.31. The number of nitrogens with one attached hydrogen (secondary N) is 1. The zero-order valence-electron chi connectivity index (χ0n) is 10.9. The van der Waals surface area contributed by atoms with Crippen molar-refractivity contribution in [1.82, 2.24) is 4.98 Å². The third kappa shape index (κ3) is 3.23. The summed E-state index contributed by atoms with van der Waals surface area (Å²) in [5.74, 6) is 0.246. The molecule has 0 fully saturated rings. The van der Waals surface area contributed by atoms with Crippen LogP contribution in [0, 0.1) is 0 Å². The predicted octanol–water partition coefficient (Wildman–Crippen LogP) is 3.30. The van der Waals surface area contributed by atoms with E-state index in [0.29, 0.717) is 10.8 Å². The maximum absolute atomic E-state index is 12.2. The van der Waals surface area contributed by atoms with Gasteiger partial charge in [-0.1, -0.05) is 25.4 Å². The van der Waals surface area contributed by atoms with Gasteiger partial charge in [-0.2, -0.15) is 0 Å². The summed E-state index contributed by atoms with van der Waals surface area (Å²) in [6, 6.07) is 4.18. The molecule has 0 aliphatic heterocycles. The second-order valence-electron chi connectivity index (χ2n) is 4.52. The van der Waals surface area contributed by atoms with Gasteiger partial charge in [-0.15, -0.1) is 11.3 Å². The van der Waals surface area contributed by atoms with Crippen LogP contribution in [0.15, 0.2) is 28.5 Å². The van der Waals surface area contributed by atoms with E-state index in [4.69, 9.17) is 17.3 Å². The van der Waals surface area contributed by atoms with Gasteiger partial charge in [-0.05, 0) is 24.1 Å². The van der Waals surface area contributed by atoms with E-state index in [-0.39, 0.29) is 15.8 Å². The van der Waals surface area contributed by atoms with E-state index in [9.17, 15) is 8.42 Å². The van der Waals surface area contributed by atoms with Crippen LogP contribution in [0.3, 0.4) is 0 Å². The fourth-order valence-corrected chi connectivity index (χ4v) is 3.84. The average Bonchev–Trinajstić information content (AvgIpc) is 2.80. The minimum atomic E-state index is -3.71. The fourth-order valence-electron chi connectivity index (χ4n) is 1.45. The standard InChI is InChI=1S/C12H14ClN3O2S2/c1-7(2)11-6-19-12(15-11)16-20(17,18)8-3-4-10(14)9(13)5-8/h3-7H,14H2,1-2H3,(H,15,16). The molecule has 0 saturated carbocycles. The van der Waals surface area contributed by atoms with Gasteiger partial charge in [0.15, 0.2) is 5.13 Å². The summed E-state index contributed by atoms with van der Waals surface area (Å²) >= 11 is 7.09. The van der Waals surface area contributed by atoms with Crippen molar-refractivity contribution in [2.24, 2.45) is 0 Å². The largest absolute Gasteiger partial charge is 0.398 e. The van der Waals surface area contributed by atoms with E-state index in [2.05, 4.69) is 9.71 Å². The number of hydrogen-bond donors (Lipinski definition) is 2. The molecule has 0 spiro atoms. The van der Waals surface area contributed by atoms with Crippen LogP contribution in [0.25, 0.3) is 0 Å². The number of aromatic nitrogens is 1. The molecule has 0 unspecified atom stereocenters. The number of benzene rings is 1. The Labute approximate surface area is 126 Å². The van der Waals surface area contributed by atoms with Crippen molar-refractivity contribution in [3.05, 3.63) is 34.3 Å². The topological polar surface area (TPSA) is 85.1 Å². The highest BCUT2D eigenvalue weighted by Crippen LogP contribution is 2.26. The van der Waals surface area contributed by atoms with Crippen LogP contribution in [0.4, 0.5) is 10.8 Å². The summed E-state index contributed by atoms with van der Waals surface area (Å²) in [6.07, 6.45) is 0. The molecule has 2 rings (SSSR count). The molecule has 0 bridgehead atoms. The van der Waals surface area contributed by atoms with Crippen molar-refractivity contribution in [3.63, 3.8) is 0 Å². The Kier molecular flexibility index (Phi) is 4.22. The first-order valence-electron chi connectivity index (χ1n) is 5.83. The minimum Gasteiger partial charge on any atom is -0.398 e. The number of halogens is 1. The molecular formula is C12H14ClN3O2S2. The molecule has 0 aliphatic rings. The number of nitrogens with two attached hydrogens (primary N) is 1. The summed E-state index contributed by atoms with van der Waals surface area (Å²) in [4.78, 5) is 4.28. The maximum atomic E-state index is 12.2. The Morgan fingerprint density at radius 2 is 2.10 bits per heavy atom. The molecule has 0 aliphatic carbocycles. The zero-order valence-corrected chi connectivity index (χ0v) is 13.3. The minimum absolute atomic E-state index is 0.0537.